The number of hydrogen-bond acceptors (Lipinski definition) is 5. The molecular weight excluding hydrogens is 302 g/mol. The zero-order valence-corrected chi connectivity index (χ0v) is 13.4. The zero-order valence-electron chi connectivity index (χ0n) is 11.8. The van der Waals surface area contributed by atoms with Crippen LogP contribution in [0.2, 0.25) is 0 Å². The summed E-state index contributed by atoms with van der Waals surface area (Å²) >= 11 is 3.07. The highest BCUT2D eigenvalue weighted by Crippen LogP contribution is 2.36. The molecule has 0 radical (unpaired) electrons. The number of nitrogens with two attached hydrogens (primary N) is 1. The molecule has 21 heavy (non-hydrogen) atoms. The number of nitrogens with zero attached hydrogens (tertiary/aromatic N) is 2. The van der Waals surface area contributed by atoms with Crippen LogP contribution >= 0.6 is 23.1 Å². The molecule has 3 rings (SSSR count). The monoisotopic (exact) mass is 317 g/mol. The third kappa shape index (κ3) is 2.56. The first-order valence-corrected chi connectivity index (χ1v) is 8.26. The van der Waals surface area contributed by atoms with E-state index in [-0.39, 0.29) is 5.56 Å². The van der Waals surface area contributed by atoms with Crippen molar-refractivity contribution in [3.63, 3.8) is 0 Å². The lowest BCUT2D eigenvalue weighted by Crippen LogP contribution is -2.24. The molecular formula is C15H15N3OS2. The van der Waals surface area contributed by atoms with Crippen molar-refractivity contribution in [2.75, 3.05) is 5.73 Å². The van der Waals surface area contributed by atoms with Crippen LogP contribution in [0.5, 0.6) is 0 Å². The van der Waals surface area contributed by atoms with Gasteiger partial charge in [-0.1, -0.05) is 23.9 Å². The minimum absolute atomic E-state index is 0.124. The van der Waals surface area contributed by atoms with Gasteiger partial charge in [-0.05, 0) is 32.0 Å². The van der Waals surface area contributed by atoms with Gasteiger partial charge in [0.1, 0.15) is 5.69 Å². The van der Waals surface area contributed by atoms with E-state index >= 15 is 0 Å². The summed E-state index contributed by atoms with van der Waals surface area (Å²) in [6.07, 6.45) is 0. The second-order valence-electron chi connectivity index (χ2n) is 4.66. The van der Waals surface area contributed by atoms with Gasteiger partial charge < -0.3 is 10.3 Å². The first-order valence-electron chi connectivity index (χ1n) is 6.63. The van der Waals surface area contributed by atoms with E-state index in [0.717, 1.165) is 25.1 Å². The summed E-state index contributed by atoms with van der Waals surface area (Å²) < 4.78 is 3.71. The van der Waals surface area contributed by atoms with Gasteiger partial charge >= 0.3 is 0 Å². The molecule has 0 saturated carbocycles. The molecule has 2 aromatic heterocycles. The van der Waals surface area contributed by atoms with E-state index in [2.05, 4.69) is 4.98 Å². The maximum absolute atomic E-state index is 12.2. The molecule has 0 atom stereocenters. The number of anilines is 1. The highest BCUT2D eigenvalue weighted by molar-refractivity contribution is 8.01. The van der Waals surface area contributed by atoms with Crippen LogP contribution in [0.25, 0.3) is 10.2 Å². The van der Waals surface area contributed by atoms with Crippen LogP contribution in [0, 0.1) is 6.92 Å². The van der Waals surface area contributed by atoms with Gasteiger partial charge in [0.05, 0.1) is 10.2 Å². The van der Waals surface area contributed by atoms with Crippen LogP contribution in [0.3, 0.4) is 0 Å². The molecule has 108 valence electrons. The molecule has 2 heterocycles. The van der Waals surface area contributed by atoms with E-state index in [0.29, 0.717) is 12.2 Å². The third-order valence-corrected chi connectivity index (χ3v) is 5.45. The van der Waals surface area contributed by atoms with Gasteiger partial charge in [0, 0.05) is 17.1 Å². The average molecular weight is 317 g/mol. The van der Waals surface area contributed by atoms with Gasteiger partial charge in [0.2, 0.25) is 0 Å². The van der Waals surface area contributed by atoms with Crippen molar-refractivity contribution >= 4 is 39.0 Å². The molecule has 0 aliphatic carbocycles. The van der Waals surface area contributed by atoms with Gasteiger partial charge in [0.15, 0.2) is 4.34 Å². The molecule has 1 aromatic carbocycles. The Morgan fingerprint density at radius 3 is 2.86 bits per heavy atom. The van der Waals surface area contributed by atoms with Gasteiger partial charge in [-0.15, -0.1) is 11.3 Å². The number of hydrogen-bond donors (Lipinski definition) is 1. The Kier molecular flexibility index (Phi) is 3.73. The van der Waals surface area contributed by atoms with Crippen molar-refractivity contribution in [3.05, 3.63) is 46.4 Å². The molecule has 0 aliphatic heterocycles. The molecule has 0 fully saturated rings. The molecule has 6 heteroatoms. The van der Waals surface area contributed by atoms with Crippen molar-refractivity contribution < 1.29 is 0 Å². The Morgan fingerprint density at radius 1 is 1.38 bits per heavy atom. The fraction of sp³-hybridized carbons (Fsp3) is 0.200. The highest BCUT2D eigenvalue weighted by atomic mass is 32.2. The minimum atomic E-state index is -0.124. The maximum atomic E-state index is 12.2. The summed E-state index contributed by atoms with van der Waals surface area (Å²) in [6.45, 7) is 4.49. The first-order chi connectivity index (χ1) is 10.1. The summed E-state index contributed by atoms with van der Waals surface area (Å²) in [4.78, 5) is 17.6. The van der Waals surface area contributed by atoms with Gasteiger partial charge in [0.25, 0.3) is 5.56 Å². The number of para-hydroxylation sites is 1. The molecule has 3 aromatic rings. The van der Waals surface area contributed by atoms with E-state index in [1.165, 1.54) is 11.8 Å². The van der Waals surface area contributed by atoms with E-state index in [1.807, 2.05) is 44.2 Å². The third-order valence-electron chi connectivity index (χ3n) is 3.29. The molecule has 0 saturated heterocycles. The van der Waals surface area contributed by atoms with Crippen LogP contribution in [0.15, 0.2) is 44.4 Å². The lowest BCUT2D eigenvalue weighted by molar-refractivity contribution is 0.698. The largest absolute Gasteiger partial charge is 0.393 e. The highest BCUT2D eigenvalue weighted by Gasteiger charge is 2.13. The topological polar surface area (TPSA) is 60.9 Å². The number of nitrogen functional groups attached to an aromatic ring is 1. The SMILES string of the molecule is CCn1c(C)cc(Sc2nc3ccccc3s2)c(N)c1=O. The predicted molar refractivity (Wildman–Crippen MR) is 89.3 cm³/mol. The lowest BCUT2D eigenvalue weighted by atomic mass is 10.3. The lowest BCUT2D eigenvalue weighted by Gasteiger charge is -2.11. The Labute approximate surface area is 130 Å². The van der Waals surface area contributed by atoms with Crippen LogP contribution in [0.4, 0.5) is 5.69 Å². The summed E-state index contributed by atoms with van der Waals surface area (Å²) in [5, 5.41) is 0. The summed E-state index contributed by atoms with van der Waals surface area (Å²) in [5.41, 5.74) is 8.06. The Morgan fingerprint density at radius 2 is 2.14 bits per heavy atom. The van der Waals surface area contributed by atoms with Crippen molar-refractivity contribution in [2.45, 2.75) is 29.6 Å². The quantitative estimate of drug-likeness (QED) is 0.803. The normalized spacial score (nSPS) is 11.1. The average Bonchev–Trinajstić information content (AvgIpc) is 2.87. The van der Waals surface area contributed by atoms with Crippen LogP contribution < -0.4 is 11.3 Å². The van der Waals surface area contributed by atoms with Gasteiger partial charge in [-0.3, -0.25) is 4.79 Å². The number of fused-ring (bicyclic) bond motifs is 1. The zero-order chi connectivity index (χ0) is 15.0. The van der Waals surface area contributed by atoms with Crippen LogP contribution in [-0.2, 0) is 6.54 Å². The maximum Gasteiger partial charge on any atom is 0.275 e. The second-order valence-corrected chi connectivity index (χ2v) is 6.98. The predicted octanol–water partition coefficient (Wildman–Crippen LogP) is 3.52. The Hall–Kier alpha value is -1.79. The smallest absolute Gasteiger partial charge is 0.275 e. The van der Waals surface area contributed by atoms with E-state index < -0.39 is 0 Å². The van der Waals surface area contributed by atoms with Crippen molar-refractivity contribution in [1.82, 2.24) is 9.55 Å². The van der Waals surface area contributed by atoms with Crippen molar-refractivity contribution in [1.29, 1.82) is 0 Å². The number of thiazole rings is 1. The van der Waals surface area contributed by atoms with Crippen molar-refractivity contribution in [2.24, 2.45) is 0 Å². The van der Waals surface area contributed by atoms with E-state index in [9.17, 15) is 4.79 Å². The molecule has 0 unspecified atom stereocenters. The Bertz CT molecular complexity index is 834. The van der Waals surface area contributed by atoms with Crippen LogP contribution in [0.1, 0.15) is 12.6 Å². The summed E-state index contributed by atoms with van der Waals surface area (Å²) in [6, 6.07) is 9.95. The summed E-state index contributed by atoms with van der Waals surface area (Å²) in [7, 11) is 0. The first kappa shape index (κ1) is 14.2. The molecule has 2 N–H and O–H groups in total. The molecule has 0 amide bonds. The minimum Gasteiger partial charge on any atom is -0.393 e. The Balaban J connectivity index is 2.03. The van der Waals surface area contributed by atoms with Crippen LogP contribution in [-0.4, -0.2) is 9.55 Å². The number of pyridine rings is 1. The molecule has 0 aliphatic rings. The molecule has 0 spiro atoms. The summed E-state index contributed by atoms with van der Waals surface area (Å²) in [5.74, 6) is 0. The molecule has 4 nitrogen and oxygen atoms in total. The standard InChI is InChI=1S/C15H15N3OS2/c1-3-18-9(2)8-12(13(16)14(18)19)21-15-17-10-6-4-5-7-11(10)20-15/h4-8H,3,16H2,1-2H3. The molecule has 0 bridgehead atoms. The number of aromatic nitrogens is 2. The fourth-order valence-electron chi connectivity index (χ4n) is 2.22. The van der Waals surface area contributed by atoms with E-state index in [1.54, 1.807) is 15.9 Å². The van der Waals surface area contributed by atoms with Gasteiger partial charge in [-0.25, -0.2) is 4.98 Å². The number of aryl methyl sites for hydroxylation is 1. The van der Waals surface area contributed by atoms with Crippen molar-refractivity contribution in [3.8, 4) is 0 Å². The fourth-order valence-corrected chi connectivity index (χ4v) is 4.38. The number of rotatable bonds is 3. The number of benzene rings is 1. The van der Waals surface area contributed by atoms with E-state index in [4.69, 9.17) is 5.73 Å². The van der Waals surface area contributed by atoms with Gasteiger partial charge in [-0.2, -0.15) is 0 Å². The second kappa shape index (κ2) is 5.54.